The van der Waals surface area contributed by atoms with Crippen molar-refractivity contribution in [1.29, 1.82) is 10.5 Å². The fourth-order valence-electron chi connectivity index (χ4n) is 9.24. The molecule has 0 aromatic carbocycles. The molecule has 1 heterocycles. The van der Waals surface area contributed by atoms with Crippen molar-refractivity contribution >= 4 is 5.78 Å². The van der Waals surface area contributed by atoms with E-state index in [1.54, 1.807) is 0 Å². The van der Waals surface area contributed by atoms with Gasteiger partial charge in [-0.15, -0.1) is 0 Å². The number of nitriles is 2. The lowest BCUT2D eigenvalue weighted by Crippen LogP contribution is -2.50. The highest BCUT2D eigenvalue weighted by Gasteiger charge is 2.61. The van der Waals surface area contributed by atoms with Gasteiger partial charge in [-0.3, -0.25) is 4.79 Å². The van der Waals surface area contributed by atoms with Crippen LogP contribution < -0.4 is 0 Å². The molecule has 5 rings (SSSR count). The summed E-state index contributed by atoms with van der Waals surface area (Å²) in [5, 5.41) is 22.8. The summed E-state index contributed by atoms with van der Waals surface area (Å²) in [6.07, 6.45) is 11.6. The number of nitrogens with zero attached hydrogens (tertiary/aromatic N) is 4. The first kappa shape index (κ1) is 22.6. The second kappa shape index (κ2) is 8.57. The van der Waals surface area contributed by atoms with E-state index in [0.29, 0.717) is 17.5 Å². The summed E-state index contributed by atoms with van der Waals surface area (Å²) in [5.41, 5.74) is 0.576. The summed E-state index contributed by atoms with van der Waals surface area (Å²) in [6, 6.07) is 5.57. The van der Waals surface area contributed by atoms with E-state index in [1.807, 2.05) is 6.07 Å². The molecule has 9 atom stereocenters. The number of carbonyl (C=O) groups is 1. The SMILES string of the molecule is CC[C@@H]1C[C@H](C(=O)Cn2nc(C#N)cc2C#N)[C@@]2(C)CC[C@@H]3[C@H]4CC[C@H](C)C[C@H]4CC[C@H]3C12. The van der Waals surface area contributed by atoms with Crippen molar-refractivity contribution in [2.24, 2.45) is 52.8 Å². The van der Waals surface area contributed by atoms with Crippen LogP contribution in [0.3, 0.4) is 0 Å². The molecular weight excluding hydrogens is 408 g/mol. The van der Waals surface area contributed by atoms with Gasteiger partial charge >= 0.3 is 0 Å². The van der Waals surface area contributed by atoms with Crippen molar-refractivity contribution in [3.05, 3.63) is 17.5 Å². The van der Waals surface area contributed by atoms with Crippen molar-refractivity contribution in [2.45, 2.75) is 85.1 Å². The number of fused-ring (bicyclic) bond motifs is 5. The van der Waals surface area contributed by atoms with Crippen LogP contribution >= 0.6 is 0 Å². The van der Waals surface area contributed by atoms with Gasteiger partial charge in [0.25, 0.3) is 0 Å². The average molecular weight is 447 g/mol. The van der Waals surface area contributed by atoms with E-state index < -0.39 is 0 Å². The largest absolute Gasteiger partial charge is 0.297 e. The Morgan fingerprint density at radius 2 is 1.91 bits per heavy atom. The zero-order valence-electron chi connectivity index (χ0n) is 20.5. The number of carbonyl (C=O) groups excluding carboxylic acids is 1. The Hall–Kier alpha value is -2.14. The van der Waals surface area contributed by atoms with Crippen LogP contribution in [0, 0.1) is 75.4 Å². The summed E-state index contributed by atoms with van der Waals surface area (Å²) in [7, 11) is 0. The summed E-state index contributed by atoms with van der Waals surface area (Å²) < 4.78 is 1.46. The molecule has 0 radical (unpaired) electrons. The van der Waals surface area contributed by atoms with Crippen molar-refractivity contribution in [2.75, 3.05) is 0 Å². The van der Waals surface area contributed by atoms with Gasteiger partial charge < -0.3 is 0 Å². The molecule has 4 saturated carbocycles. The van der Waals surface area contributed by atoms with E-state index in [1.165, 1.54) is 49.3 Å². The number of rotatable bonds is 4. The minimum absolute atomic E-state index is 0.0405. The van der Waals surface area contributed by atoms with Gasteiger partial charge in [-0.1, -0.05) is 33.6 Å². The van der Waals surface area contributed by atoms with Gasteiger partial charge in [0.05, 0.1) is 0 Å². The highest BCUT2D eigenvalue weighted by atomic mass is 16.1. The van der Waals surface area contributed by atoms with Gasteiger partial charge in [0, 0.05) is 12.0 Å². The molecule has 5 heteroatoms. The minimum Gasteiger partial charge on any atom is -0.297 e. The third-order valence-electron chi connectivity index (χ3n) is 10.6. The zero-order chi connectivity index (χ0) is 23.3. The molecule has 5 nitrogen and oxygen atoms in total. The Balaban J connectivity index is 1.39. The lowest BCUT2D eigenvalue weighted by Gasteiger charge is -2.57. The molecular formula is C28H38N4O. The molecule has 0 saturated heterocycles. The fourth-order valence-corrected chi connectivity index (χ4v) is 9.24. The third kappa shape index (κ3) is 3.63. The molecule has 0 amide bonds. The Labute approximate surface area is 198 Å². The van der Waals surface area contributed by atoms with Gasteiger partial charge in [-0.25, -0.2) is 4.68 Å². The van der Waals surface area contributed by atoms with E-state index in [9.17, 15) is 10.1 Å². The summed E-state index contributed by atoms with van der Waals surface area (Å²) in [4.78, 5) is 13.7. The molecule has 0 bridgehead atoms. The highest BCUT2D eigenvalue weighted by molar-refractivity contribution is 5.82. The molecule has 176 valence electrons. The monoisotopic (exact) mass is 446 g/mol. The van der Waals surface area contributed by atoms with Crippen molar-refractivity contribution in [3.8, 4) is 12.1 Å². The third-order valence-corrected chi connectivity index (χ3v) is 10.6. The van der Waals surface area contributed by atoms with E-state index >= 15 is 0 Å². The minimum atomic E-state index is 0.0405. The van der Waals surface area contributed by atoms with Gasteiger partial charge in [0.15, 0.2) is 11.5 Å². The predicted octanol–water partition coefficient (Wildman–Crippen LogP) is 5.74. The second-order valence-electron chi connectivity index (χ2n) is 12.0. The lowest BCUT2D eigenvalue weighted by atomic mass is 9.48. The molecule has 0 aliphatic heterocycles. The number of hydrogen-bond donors (Lipinski definition) is 0. The van der Waals surface area contributed by atoms with E-state index in [4.69, 9.17) is 5.26 Å². The van der Waals surface area contributed by atoms with Crippen LogP contribution in [0.1, 0.15) is 89.9 Å². The molecule has 0 N–H and O–H groups in total. The van der Waals surface area contributed by atoms with Crippen LogP contribution in [-0.4, -0.2) is 15.6 Å². The van der Waals surface area contributed by atoms with Gasteiger partial charge in [0.2, 0.25) is 0 Å². The Kier molecular flexibility index (Phi) is 5.88. The quantitative estimate of drug-likeness (QED) is 0.591. The van der Waals surface area contributed by atoms with Crippen molar-refractivity contribution in [3.63, 3.8) is 0 Å². The van der Waals surface area contributed by atoms with E-state index in [-0.39, 0.29) is 29.4 Å². The first-order valence-electron chi connectivity index (χ1n) is 13.3. The molecule has 4 fully saturated rings. The van der Waals surface area contributed by atoms with Gasteiger partial charge in [0.1, 0.15) is 24.4 Å². The molecule has 0 spiro atoms. The Bertz CT molecular complexity index is 999. The standard InChI is InChI=1S/C28H38N4O/c1-4-18-12-25(26(33)16-32-21(15-30)13-20(14-29)31-32)28(3)10-9-23-22-7-5-17(2)11-19(22)6-8-24(23)27(18)28/h13,17-19,22-25,27H,4-12,16H2,1-3H3/t17-,18+,19+,22-,23+,24+,25+,27?,28+/m0/s1. The summed E-state index contributed by atoms with van der Waals surface area (Å²) in [5.74, 6) is 5.94. The molecule has 4 aliphatic carbocycles. The predicted molar refractivity (Wildman–Crippen MR) is 126 cm³/mol. The zero-order valence-corrected chi connectivity index (χ0v) is 20.5. The molecule has 33 heavy (non-hydrogen) atoms. The number of Topliss-reactive ketones (excluding diaryl/α,β-unsaturated/α-hetero) is 1. The maximum absolute atomic E-state index is 13.7. The molecule has 1 aromatic rings. The average Bonchev–Trinajstić information content (AvgIpc) is 3.35. The normalized spacial score (nSPS) is 41.8. The summed E-state index contributed by atoms with van der Waals surface area (Å²) in [6.45, 7) is 7.29. The molecule has 1 aromatic heterocycles. The van der Waals surface area contributed by atoms with Gasteiger partial charge in [-0.05, 0) is 91.8 Å². The maximum Gasteiger partial charge on any atom is 0.163 e. The smallest absolute Gasteiger partial charge is 0.163 e. The van der Waals surface area contributed by atoms with Crippen molar-refractivity contribution in [1.82, 2.24) is 9.78 Å². The van der Waals surface area contributed by atoms with Crippen LogP contribution in [0.5, 0.6) is 0 Å². The Morgan fingerprint density at radius 3 is 2.64 bits per heavy atom. The number of aromatic nitrogens is 2. The van der Waals surface area contributed by atoms with Gasteiger partial charge in [-0.2, -0.15) is 15.6 Å². The van der Waals surface area contributed by atoms with E-state index in [0.717, 1.165) is 48.9 Å². The van der Waals surface area contributed by atoms with E-state index in [2.05, 4.69) is 31.9 Å². The fraction of sp³-hybridized carbons (Fsp3) is 0.786. The van der Waals surface area contributed by atoms with Crippen LogP contribution in [0.2, 0.25) is 0 Å². The number of hydrogen-bond acceptors (Lipinski definition) is 4. The van der Waals surface area contributed by atoms with Crippen molar-refractivity contribution < 1.29 is 4.79 Å². The van der Waals surface area contributed by atoms with Crippen LogP contribution in [0.4, 0.5) is 0 Å². The maximum atomic E-state index is 13.7. The Morgan fingerprint density at radius 1 is 1.12 bits per heavy atom. The first-order valence-corrected chi connectivity index (χ1v) is 13.3. The van der Waals surface area contributed by atoms with Crippen LogP contribution in [0.15, 0.2) is 6.07 Å². The summed E-state index contributed by atoms with van der Waals surface area (Å²) >= 11 is 0. The van der Waals surface area contributed by atoms with Crippen LogP contribution in [0.25, 0.3) is 0 Å². The molecule has 1 unspecified atom stereocenters. The molecule has 4 aliphatic rings. The lowest BCUT2D eigenvalue weighted by molar-refractivity contribution is -0.131. The number of ketones is 1. The highest BCUT2D eigenvalue weighted by Crippen LogP contribution is 2.66. The van der Waals surface area contributed by atoms with Crippen LogP contribution in [-0.2, 0) is 11.3 Å². The topological polar surface area (TPSA) is 82.5 Å². The second-order valence-corrected chi connectivity index (χ2v) is 12.0. The first-order chi connectivity index (χ1) is 15.9.